The molecule has 0 N–H and O–H groups in total. The molecule has 1 aromatic rings. The number of morpholine rings is 1. The fourth-order valence-electron chi connectivity index (χ4n) is 3.72. The van der Waals surface area contributed by atoms with Crippen LogP contribution in [0.3, 0.4) is 0 Å². The van der Waals surface area contributed by atoms with E-state index in [9.17, 15) is 8.42 Å². The molecule has 0 radical (unpaired) electrons. The quantitative estimate of drug-likeness (QED) is 0.717. The van der Waals surface area contributed by atoms with Crippen LogP contribution < -0.4 is 4.74 Å². The summed E-state index contributed by atoms with van der Waals surface area (Å²) in [5.41, 5.74) is 0.995. The summed E-state index contributed by atoms with van der Waals surface area (Å²) in [6.07, 6.45) is 2.43. The molecule has 0 bridgehead atoms. The van der Waals surface area contributed by atoms with Gasteiger partial charge in [-0.2, -0.15) is 0 Å². The molecule has 0 aromatic heterocycles. The van der Waals surface area contributed by atoms with Gasteiger partial charge < -0.3 is 9.47 Å². The number of sulfonamides is 1. The van der Waals surface area contributed by atoms with Crippen LogP contribution in [0, 0.1) is 5.92 Å². The first-order valence-corrected chi connectivity index (χ1v) is 11.1. The third-order valence-corrected chi connectivity index (χ3v) is 7.24. The number of piperidine rings is 1. The van der Waals surface area contributed by atoms with E-state index in [0.717, 1.165) is 57.0 Å². The maximum Gasteiger partial charge on any atom is 0.214 e. The van der Waals surface area contributed by atoms with Crippen LogP contribution in [0.2, 0.25) is 0 Å². The Morgan fingerprint density at radius 3 is 2.58 bits per heavy atom. The number of ether oxygens (including phenoxy) is 2. The van der Waals surface area contributed by atoms with E-state index < -0.39 is 10.0 Å². The topological polar surface area (TPSA) is 59.1 Å². The zero-order valence-electron chi connectivity index (χ0n) is 15.6. The Kier molecular flexibility index (Phi) is 6.92. The Bertz CT molecular complexity index is 666. The molecule has 2 aliphatic rings. The predicted molar refractivity (Wildman–Crippen MR) is 102 cm³/mol. The molecule has 0 unspecified atom stereocenters. The van der Waals surface area contributed by atoms with Crippen molar-refractivity contribution in [2.75, 3.05) is 58.8 Å². The highest BCUT2D eigenvalue weighted by Crippen LogP contribution is 2.22. The average Bonchev–Trinajstić information content (AvgIpc) is 2.68. The second kappa shape index (κ2) is 9.17. The van der Waals surface area contributed by atoms with Crippen LogP contribution in [0.1, 0.15) is 18.4 Å². The van der Waals surface area contributed by atoms with E-state index in [1.807, 2.05) is 24.3 Å². The van der Waals surface area contributed by atoms with E-state index in [0.29, 0.717) is 25.4 Å². The lowest BCUT2D eigenvalue weighted by Crippen LogP contribution is -2.44. The highest BCUT2D eigenvalue weighted by atomic mass is 32.2. The van der Waals surface area contributed by atoms with Gasteiger partial charge in [-0.25, -0.2) is 12.7 Å². The van der Waals surface area contributed by atoms with Crippen molar-refractivity contribution >= 4 is 10.0 Å². The molecular weight excluding hydrogens is 352 g/mol. The summed E-state index contributed by atoms with van der Waals surface area (Å²) in [6, 6.07) is 7.63. The standard InChI is InChI=1S/C19H30N2O4S/c1-24-19-4-2-3-17(15-19)7-14-26(22,23)21-8-5-18(6-9-21)16-20-10-12-25-13-11-20/h2-4,15,18H,5-14,16H2,1H3. The first-order chi connectivity index (χ1) is 12.6. The van der Waals surface area contributed by atoms with Crippen molar-refractivity contribution < 1.29 is 17.9 Å². The molecule has 2 saturated heterocycles. The van der Waals surface area contributed by atoms with E-state index in [2.05, 4.69) is 4.90 Å². The first-order valence-electron chi connectivity index (χ1n) is 9.48. The van der Waals surface area contributed by atoms with Gasteiger partial charge in [-0.3, -0.25) is 4.90 Å². The Morgan fingerprint density at radius 2 is 1.88 bits per heavy atom. The second-order valence-electron chi connectivity index (χ2n) is 7.17. The Hall–Kier alpha value is -1.15. The zero-order chi connectivity index (χ0) is 18.4. The molecule has 26 heavy (non-hydrogen) atoms. The van der Waals surface area contributed by atoms with Crippen LogP contribution in [0.5, 0.6) is 5.75 Å². The van der Waals surface area contributed by atoms with Gasteiger partial charge in [0.15, 0.2) is 0 Å². The Morgan fingerprint density at radius 1 is 1.15 bits per heavy atom. The summed E-state index contributed by atoms with van der Waals surface area (Å²) < 4.78 is 37.6. The highest BCUT2D eigenvalue weighted by molar-refractivity contribution is 7.89. The van der Waals surface area contributed by atoms with Gasteiger partial charge >= 0.3 is 0 Å². The van der Waals surface area contributed by atoms with Crippen molar-refractivity contribution in [2.45, 2.75) is 19.3 Å². The second-order valence-corrected chi connectivity index (χ2v) is 9.26. The highest BCUT2D eigenvalue weighted by Gasteiger charge is 2.28. The molecule has 3 rings (SSSR count). The summed E-state index contributed by atoms with van der Waals surface area (Å²) in [5.74, 6) is 1.52. The first kappa shape index (κ1) is 19.6. The van der Waals surface area contributed by atoms with Crippen LogP contribution in [0.15, 0.2) is 24.3 Å². The molecule has 0 amide bonds. The van der Waals surface area contributed by atoms with Crippen LogP contribution in [-0.2, 0) is 21.2 Å². The van der Waals surface area contributed by atoms with Gasteiger partial charge in [0.25, 0.3) is 0 Å². The Balaban J connectivity index is 1.46. The minimum atomic E-state index is -3.20. The predicted octanol–water partition coefficient (Wildman–Crippen LogP) is 1.61. The van der Waals surface area contributed by atoms with E-state index in [1.165, 1.54) is 0 Å². The molecule has 1 aromatic carbocycles. The lowest BCUT2D eigenvalue weighted by atomic mass is 9.97. The van der Waals surface area contributed by atoms with Crippen LogP contribution in [0.4, 0.5) is 0 Å². The summed E-state index contributed by atoms with van der Waals surface area (Å²) in [6.45, 7) is 6.00. The van der Waals surface area contributed by atoms with Gasteiger partial charge in [-0.1, -0.05) is 12.1 Å². The van der Waals surface area contributed by atoms with Gasteiger partial charge in [-0.15, -0.1) is 0 Å². The SMILES string of the molecule is COc1cccc(CCS(=O)(=O)N2CCC(CN3CCOCC3)CC2)c1. The number of hydrogen-bond acceptors (Lipinski definition) is 5. The summed E-state index contributed by atoms with van der Waals surface area (Å²) in [5, 5.41) is 0. The van der Waals surface area contributed by atoms with Gasteiger partial charge in [0.05, 0.1) is 26.1 Å². The monoisotopic (exact) mass is 382 g/mol. The summed E-state index contributed by atoms with van der Waals surface area (Å²) >= 11 is 0. The average molecular weight is 383 g/mol. The van der Waals surface area contributed by atoms with Crippen molar-refractivity contribution in [1.29, 1.82) is 0 Å². The smallest absolute Gasteiger partial charge is 0.214 e. The third kappa shape index (κ3) is 5.42. The summed E-state index contributed by atoms with van der Waals surface area (Å²) in [4.78, 5) is 2.45. The van der Waals surface area contributed by atoms with E-state index >= 15 is 0 Å². The van der Waals surface area contributed by atoms with Gasteiger partial charge in [0, 0.05) is 32.7 Å². The minimum Gasteiger partial charge on any atom is -0.497 e. The van der Waals surface area contributed by atoms with Crippen LogP contribution in [0.25, 0.3) is 0 Å². The number of methoxy groups -OCH3 is 1. The van der Waals surface area contributed by atoms with Gasteiger partial charge in [-0.05, 0) is 42.9 Å². The molecule has 0 atom stereocenters. The van der Waals surface area contributed by atoms with Crippen molar-refractivity contribution in [3.8, 4) is 5.75 Å². The lowest BCUT2D eigenvalue weighted by Gasteiger charge is -2.35. The van der Waals surface area contributed by atoms with Crippen molar-refractivity contribution in [3.05, 3.63) is 29.8 Å². The largest absolute Gasteiger partial charge is 0.497 e. The molecule has 2 aliphatic heterocycles. The fraction of sp³-hybridized carbons (Fsp3) is 0.684. The number of aryl methyl sites for hydroxylation is 1. The molecular formula is C19H30N2O4S. The fourth-order valence-corrected chi connectivity index (χ4v) is 5.24. The molecule has 6 nitrogen and oxygen atoms in total. The van der Waals surface area contributed by atoms with E-state index in [4.69, 9.17) is 9.47 Å². The maximum absolute atomic E-state index is 12.7. The zero-order valence-corrected chi connectivity index (χ0v) is 16.4. The number of benzene rings is 1. The minimum absolute atomic E-state index is 0.161. The Labute approximate surface area is 157 Å². The number of nitrogens with zero attached hydrogens (tertiary/aromatic N) is 2. The van der Waals surface area contributed by atoms with Crippen LogP contribution >= 0.6 is 0 Å². The normalized spacial score (nSPS) is 21.0. The van der Waals surface area contributed by atoms with Crippen molar-refractivity contribution in [1.82, 2.24) is 9.21 Å². The van der Waals surface area contributed by atoms with Crippen molar-refractivity contribution in [2.24, 2.45) is 5.92 Å². The number of rotatable bonds is 7. The molecule has 2 fully saturated rings. The molecule has 0 saturated carbocycles. The molecule has 146 valence electrons. The van der Waals surface area contributed by atoms with E-state index in [1.54, 1.807) is 11.4 Å². The third-order valence-electron chi connectivity index (χ3n) is 5.37. The van der Waals surface area contributed by atoms with Gasteiger partial charge in [0.2, 0.25) is 10.0 Å². The van der Waals surface area contributed by atoms with Gasteiger partial charge in [0.1, 0.15) is 5.75 Å². The molecule has 0 aliphatic carbocycles. The van der Waals surface area contributed by atoms with Crippen molar-refractivity contribution in [3.63, 3.8) is 0 Å². The molecule has 7 heteroatoms. The maximum atomic E-state index is 12.7. The molecule has 2 heterocycles. The number of hydrogen-bond donors (Lipinski definition) is 0. The van der Waals surface area contributed by atoms with Crippen LogP contribution in [-0.4, -0.2) is 76.4 Å². The molecule has 0 spiro atoms. The summed E-state index contributed by atoms with van der Waals surface area (Å²) in [7, 11) is -1.58. The van der Waals surface area contributed by atoms with E-state index in [-0.39, 0.29) is 5.75 Å². The lowest BCUT2D eigenvalue weighted by molar-refractivity contribution is 0.0269.